The van der Waals surface area contributed by atoms with Crippen molar-refractivity contribution in [2.45, 2.75) is 83.5 Å². The van der Waals surface area contributed by atoms with Crippen LogP contribution in [0.3, 0.4) is 0 Å². The Hall–Kier alpha value is 1.46. The minimum absolute atomic E-state index is 0. The van der Waals surface area contributed by atoms with E-state index in [0.717, 1.165) is 5.92 Å². The van der Waals surface area contributed by atoms with Crippen LogP contribution in [0, 0.1) is 50.4 Å². The maximum atomic E-state index is 4.93. The second-order valence-electron chi connectivity index (χ2n) is 8.35. The predicted molar refractivity (Wildman–Crippen MR) is 105 cm³/mol. The van der Waals surface area contributed by atoms with E-state index >= 15 is 0 Å². The SMILES string of the molecule is C1CCC(CC2C3CCCCC3C3CCCCC32)C1.[CH3-].[CH3-].[Cl][Zr+2][Cl]. The van der Waals surface area contributed by atoms with Crippen molar-refractivity contribution in [1.82, 2.24) is 0 Å². The van der Waals surface area contributed by atoms with Gasteiger partial charge in [0.25, 0.3) is 0 Å². The molecule has 4 unspecified atom stereocenters. The van der Waals surface area contributed by atoms with Gasteiger partial charge in [0, 0.05) is 0 Å². The Morgan fingerprint density at radius 1 is 0.583 bits per heavy atom. The molecule has 0 bridgehead atoms. The summed E-state index contributed by atoms with van der Waals surface area (Å²) in [7, 11) is 9.87. The van der Waals surface area contributed by atoms with E-state index in [1.807, 2.05) is 0 Å². The van der Waals surface area contributed by atoms with Crippen molar-refractivity contribution >= 4 is 17.0 Å². The predicted octanol–water partition coefficient (Wildman–Crippen LogP) is 8.09. The van der Waals surface area contributed by atoms with Gasteiger partial charge in [0.2, 0.25) is 0 Å². The molecule has 4 fully saturated rings. The van der Waals surface area contributed by atoms with Crippen molar-refractivity contribution in [1.29, 1.82) is 0 Å². The summed E-state index contributed by atoms with van der Waals surface area (Å²) < 4.78 is 0. The van der Waals surface area contributed by atoms with Crippen LogP contribution in [0.15, 0.2) is 0 Å². The van der Waals surface area contributed by atoms with E-state index in [-0.39, 0.29) is 14.9 Å². The molecule has 0 spiro atoms. The van der Waals surface area contributed by atoms with Crippen LogP contribution in [0.5, 0.6) is 0 Å². The van der Waals surface area contributed by atoms with Gasteiger partial charge in [0.05, 0.1) is 0 Å². The van der Waals surface area contributed by atoms with Gasteiger partial charge in [0.15, 0.2) is 0 Å². The summed E-state index contributed by atoms with van der Waals surface area (Å²) in [5, 5.41) is 0. The molecule has 4 aliphatic carbocycles. The topological polar surface area (TPSA) is 0 Å². The van der Waals surface area contributed by atoms with Crippen LogP contribution in [-0.2, 0) is 20.8 Å². The fourth-order valence-corrected chi connectivity index (χ4v) is 6.80. The van der Waals surface area contributed by atoms with E-state index in [4.69, 9.17) is 17.0 Å². The second kappa shape index (κ2) is 12.0. The fraction of sp³-hybridized carbons (Fsp3) is 0.905. The number of hydrogen-bond acceptors (Lipinski definition) is 0. The fourth-order valence-electron chi connectivity index (χ4n) is 6.80. The molecule has 0 aromatic carbocycles. The summed E-state index contributed by atoms with van der Waals surface area (Å²) in [6.45, 7) is 0. The van der Waals surface area contributed by atoms with Crippen molar-refractivity contribution in [3.8, 4) is 0 Å². The molecule has 0 aromatic rings. The molecule has 0 nitrogen and oxygen atoms in total. The van der Waals surface area contributed by atoms with Crippen LogP contribution in [0.4, 0.5) is 0 Å². The molecule has 4 saturated carbocycles. The van der Waals surface area contributed by atoms with Crippen molar-refractivity contribution in [3.63, 3.8) is 0 Å². The van der Waals surface area contributed by atoms with Crippen molar-refractivity contribution in [2.75, 3.05) is 0 Å². The number of fused-ring (bicyclic) bond motifs is 3. The second-order valence-corrected chi connectivity index (χ2v) is 12.1. The molecule has 0 heterocycles. The summed E-state index contributed by atoms with van der Waals surface area (Å²) in [4.78, 5) is 0. The van der Waals surface area contributed by atoms with Crippen molar-refractivity contribution in [3.05, 3.63) is 14.9 Å². The molecule has 0 N–H and O–H groups in total. The Morgan fingerprint density at radius 2 is 0.917 bits per heavy atom. The molecule has 0 saturated heterocycles. The van der Waals surface area contributed by atoms with Crippen LogP contribution in [0.25, 0.3) is 0 Å². The van der Waals surface area contributed by atoms with Crippen LogP contribution in [0.1, 0.15) is 83.5 Å². The molecule has 3 heteroatoms. The third-order valence-electron chi connectivity index (χ3n) is 7.48. The Balaban J connectivity index is 0.000000539. The van der Waals surface area contributed by atoms with Gasteiger partial charge in [-0.05, 0) is 67.6 Å². The van der Waals surface area contributed by atoms with E-state index in [1.54, 1.807) is 83.5 Å². The van der Waals surface area contributed by atoms with Gasteiger partial charge in [-0.3, -0.25) is 0 Å². The van der Waals surface area contributed by atoms with Gasteiger partial charge in [-0.15, -0.1) is 0 Å². The van der Waals surface area contributed by atoms with Gasteiger partial charge in [0.1, 0.15) is 0 Å². The minimum atomic E-state index is -0.826. The van der Waals surface area contributed by atoms with Crippen LogP contribution < -0.4 is 0 Å². The molecular weight excluding hydrogens is 414 g/mol. The molecule has 0 aliphatic heterocycles. The van der Waals surface area contributed by atoms with Crippen LogP contribution in [0.2, 0.25) is 0 Å². The average molecular weight is 453 g/mol. The number of rotatable bonds is 2. The Labute approximate surface area is 170 Å². The third-order valence-corrected chi connectivity index (χ3v) is 7.48. The van der Waals surface area contributed by atoms with Crippen molar-refractivity contribution < 1.29 is 20.8 Å². The quantitative estimate of drug-likeness (QED) is 0.371. The van der Waals surface area contributed by atoms with E-state index in [9.17, 15) is 0 Å². The van der Waals surface area contributed by atoms with Gasteiger partial charge in [-0.2, -0.15) is 0 Å². The first kappa shape index (κ1) is 23.5. The average Bonchev–Trinajstić information content (AvgIpc) is 3.16. The molecule has 0 aromatic heterocycles. The zero-order chi connectivity index (χ0) is 15.4. The first-order valence-corrected chi connectivity index (χ1v) is 16.1. The summed E-state index contributed by atoms with van der Waals surface area (Å²) >= 11 is -0.826. The Morgan fingerprint density at radius 3 is 1.33 bits per heavy atom. The van der Waals surface area contributed by atoms with E-state index in [0.29, 0.717) is 0 Å². The zero-order valence-electron chi connectivity index (χ0n) is 15.9. The summed E-state index contributed by atoms with van der Waals surface area (Å²) in [5.41, 5.74) is 0. The molecular formula is C21H38Cl2Zr. The maximum absolute atomic E-state index is 4.93. The van der Waals surface area contributed by atoms with Gasteiger partial charge >= 0.3 is 37.9 Å². The number of halogens is 2. The molecule has 0 radical (unpaired) electrons. The third kappa shape index (κ3) is 5.48. The van der Waals surface area contributed by atoms with Gasteiger partial charge < -0.3 is 14.9 Å². The van der Waals surface area contributed by atoms with E-state index in [2.05, 4.69) is 0 Å². The monoisotopic (exact) mass is 450 g/mol. The Kier molecular flexibility index (Phi) is 11.8. The van der Waals surface area contributed by atoms with Crippen LogP contribution in [-0.4, -0.2) is 0 Å². The van der Waals surface area contributed by atoms with Crippen molar-refractivity contribution in [2.24, 2.45) is 35.5 Å². The number of hydrogen-bond donors (Lipinski definition) is 0. The summed E-state index contributed by atoms with van der Waals surface area (Å²) in [6.07, 6.45) is 20.5. The standard InChI is InChI=1S/C19H32.2CH3.2ClH.Zr/c1-2-8-14(7-1)13-19-17-11-5-3-9-15(17)16-10-4-6-12-18(16)19;;;;;/h14-19H,1-13H2;2*1H3;2*1H;/q;2*-1;;;+4/p-2. The normalized spacial score (nSPS) is 37.7. The first-order valence-electron chi connectivity index (χ1n) is 9.81. The van der Waals surface area contributed by atoms with E-state index in [1.165, 1.54) is 29.6 Å². The van der Waals surface area contributed by atoms with Gasteiger partial charge in [-0.1, -0.05) is 51.4 Å². The molecule has 24 heavy (non-hydrogen) atoms. The summed E-state index contributed by atoms with van der Waals surface area (Å²) in [6, 6.07) is 0. The molecule has 4 aliphatic rings. The van der Waals surface area contributed by atoms with Crippen LogP contribution >= 0.6 is 17.0 Å². The zero-order valence-corrected chi connectivity index (χ0v) is 19.9. The van der Waals surface area contributed by atoms with E-state index < -0.39 is 20.8 Å². The Bertz CT molecular complexity index is 308. The van der Waals surface area contributed by atoms with Gasteiger partial charge in [-0.25, -0.2) is 0 Å². The molecule has 0 amide bonds. The molecule has 140 valence electrons. The molecule has 4 rings (SSSR count). The first-order chi connectivity index (χ1) is 10.8. The summed E-state index contributed by atoms with van der Waals surface area (Å²) in [5.74, 6) is 6.98. The molecule has 4 atom stereocenters.